The van der Waals surface area contributed by atoms with Gasteiger partial charge in [0.1, 0.15) is 11.3 Å². The van der Waals surface area contributed by atoms with Crippen LogP contribution in [0.15, 0.2) is 16.9 Å². The van der Waals surface area contributed by atoms with Crippen molar-refractivity contribution in [1.29, 1.82) is 0 Å². The molecule has 2 rings (SSSR count). The Kier molecular flexibility index (Phi) is 3.85. The van der Waals surface area contributed by atoms with Gasteiger partial charge in [0.25, 0.3) is 11.5 Å². The average Bonchev–Trinajstić information content (AvgIpc) is 2.37. The largest absolute Gasteiger partial charge is 0.431 e. The number of likely N-dealkylation sites (tertiary alicyclic amines) is 1. The fourth-order valence-corrected chi connectivity index (χ4v) is 2.05. The molecule has 0 aliphatic carbocycles. The average molecular weight is 290 g/mol. The van der Waals surface area contributed by atoms with E-state index in [4.69, 9.17) is 0 Å². The Labute approximate surface area is 112 Å². The Hall–Kier alpha value is -1.83. The molecule has 1 aliphatic rings. The summed E-state index contributed by atoms with van der Waals surface area (Å²) in [6.45, 7) is 0.556. The van der Waals surface area contributed by atoms with Gasteiger partial charge in [-0.2, -0.15) is 13.2 Å². The lowest BCUT2D eigenvalue weighted by atomic mass is 10.1. The number of aliphatic hydroxyl groups is 1. The van der Waals surface area contributed by atoms with Crippen LogP contribution >= 0.6 is 0 Å². The smallest absolute Gasteiger partial charge is 0.393 e. The van der Waals surface area contributed by atoms with Crippen molar-refractivity contribution in [3.8, 4) is 0 Å². The highest BCUT2D eigenvalue weighted by atomic mass is 19.4. The number of aromatic nitrogens is 1. The molecule has 1 saturated heterocycles. The van der Waals surface area contributed by atoms with Crippen LogP contribution in [0.5, 0.6) is 0 Å². The van der Waals surface area contributed by atoms with Gasteiger partial charge in [-0.1, -0.05) is 0 Å². The molecule has 5 nitrogen and oxygen atoms in total. The van der Waals surface area contributed by atoms with Gasteiger partial charge < -0.3 is 15.0 Å². The van der Waals surface area contributed by atoms with Crippen LogP contribution in [-0.2, 0) is 6.18 Å². The first kappa shape index (κ1) is 14.6. The van der Waals surface area contributed by atoms with E-state index in [9.17, 15) is 27.9 Å². The van der Waals surface area contributed by atoms with E-state index in [0.717, 1.165) is 6.07 Å². The van der Waals surface area contributed by atoms with Gasteiger partial charge in [0.2, 0.25) is 0 Å². The number of amides is 1. The van der Waals surface area contributed by atoms with E-state index < -0.39 is 29.4 Å². The van der Waals surface area contributed by atoms with Crippen LogP contribution in [0.25, 0.3) is 0 Å². The summed E-state index contributed by atoms with van der Waals surface area (Å²) in [6, 6.07) is 1.56. The van der Waals surface area contributed by atoms with Gasteiger partial charge in [-0.3, -0.25) is 9.59 Å². The molecule has 2 N–H and O–H groups in total. The third kappa shape index (κ3) is 3.01. The zero-order valence-corrected chi connectivity index (χ0v) is 10.4. The topological polar surface area (TPSA) is 73.4 Å². The standard InChI is InChI=1S/C12H13F3N2O3/c13-12(14,15)9-2-1-8(10(19)16-9)11(20)17-5-3-7(18)4-6-17/h1-2,7,18H,3-6H2,(H,16,19). The molecular formula is C12H13F3N2O3. The van der Waals surface area contributed by atoms with Crippen molar-refractivity contribution in [2.24, 2.45) is 0 Å². The van der Waals surface area contributed by atoms with Crippen LogP contribution in [0.3, 0.4) is 0 Å². The second-order valence-electron chi connectivity index (χ2n) is 4.64. The van der Waals surface area contributed by atoms with E-state index in [1.807, 2.05) is 0 Å². The molecule has 0 atom stereocenters. The molecule has 8 heteroatoms. The number of hydrogen-bond donors (Lipinski definition) is 2. The van der Waals surface area contributed by atoms with Crippen molar-refractivity contribution >= 4 is 5.91 Å². The number of carbonyl (C=O) groups is 1. The van der Waals surface area contributed by atoms with E-state index in [1.165, 1.54) is 4.90 Å². The summed E-state index contributed by atoms with van der Waals surface area (Å²) in [6.07, 6.45) is -4.35. The van der Waals surface area contributed by atoms with Crippen LogP contribution in [0.2, 0.25) is 0 Å². The molecule has 1 fully saturated rings. The summed E-state index contributed by atoms with van der Waals surface area (Å²) in [4.78, 5) is 26.6. The van der Waals surface area contributed by atoms with Gasteiger partial charge in [0, 0.05) is 13.1 Å². The molecule has 1 aromatic rings. The number of nitrogens with one attached hydrogen (secondary N) is 1. The van der Waals surface area contributed by atoms with Crippen LogP contribution in [0.4, 0.5) is 13.2 Å². The molecule has 1 aromatic heterocycles. The first-order chi connectivity index (χ1) is 9.29. The number of aromatic amines is 1. The maximum Gasteiger partial charge on any atom is 0.431 e. The van der Waals surface area contributed by atoms with E-state index in [0.29, 0.717) is 18.9 Å². The number of piperidine rings is 1. The van der Waals surface area contributed by atoms with Gasteiger partial charge in [-0.25, -0.2) is 0 Å². The Morgan fingerprint density at radius 2 is 1.90 bits per heavy atom. The van der Waals surface area contributed by atoms with Crippen molar-refractivity contribution in [3.05, 3.63) is 33.7 Å². The van der Waals surface area contributed by atoms with Crippen LogP contribution < -0.4 is 5.56 Å². The fourth-order valence-electron chi connectivity index (χ4n) is 2.05. The van der Waals surface area contributed by atoms with Crippen LogP contribution in [0, 0.1) is 0 Å². The summed E-state index contributed by atoms with van der Waals surface area (Å²) >= 11 is 0. The lowest BCUT2D eigenvalue weighted by Crippen LogP contribution is -2.42. The molecule has 0 spiro atoms. The number of H-pyrrole nitrogens is 1. The Balaban J connectivity index is 2.21. The second-order valence-corrected chi connectivity index (χ2v) is 4.64. The third-order valence-corrected chi connectivity index (χ3v) is 3.20. The molecule has 20 heavy (non-hydrogen) atoms. The van der Waals surface area contributed by atoms with Crippen molar-refractivity contribution < 1.29 is 23.1 Å². The number of aliphatic hydroxyl groups excluding tert-OH is 1. The number of alkyl halides is 3. The molecule has 2 heterocycles. The van der Waals surface area contributed by atoms with Crippen LogP contribution in [0.1, 0.15) is 28.9 Å². The second kappa shape index (κ2) is 5.28. The molecule has 1 aliphatic heterocycles. The normalized spacial score (nSPS) is 17.3. The summed E-state index contributed by atoms with van der Waals surface area (Å²) in [5.41, 5.74) is -2.57. The summed E-state index contributed by atoms with van der Waals surface area (Å²) in [5, 5.41) is 9.33. The minimum atomic E-state index is -4.66. The number of hydrogen-bond acceptors (Lipinski definition) is 3. The molecule has 0 saturated carbocycles. The predicted molar refractivity (Wildman–Crippen MR) is 63.2 cm³/mol. The SMILES string of the molecule is O=C(c1ccc(C(F)(F)F)[nH]c1=O)N1CCC(O)CC1. The maximum atomic E-state index is 12.4. The monoisotopic (exact) mass is 290 g/mol. The predicted octanol–water partition coefficient (Wildman–Crippen LogP) is 0.991. The van der Waals surface area contributed by atoms with Crippen molar-refractivity contribution in [2.45, 2.75) is 25.1 Å². The highest BCUT2D eigenvalue weighted by Gasteiger charge is 2.33. The Bertz CT molecular complexity index is 560. The van der Waals surface area contributed by atoms with Gasteiger partial charge >= 0.3 is 6.18 Å². The summed E-state index contributed by atoms with van der Waals surface area (Å²) in [7, 11) is 0. The first-order valence-electron chi connectivity index (χ1n) is 6.07. The lowest BCUT2D eigenvalue weighted by Gasteiger charge is -2.29. The van der Waals surface area contributed by atoms with Gasteiger partial charge in [-0.15, -0.1) is 0 Å². The number of rotatable bonds is 1. The van der Waals surface area contributed by atoms with E-state index in [1.54, 1.807) is 4.98 Å². The number of carbonyl (C=O) groups excluding carboxylic acids is 1. The van der Waals surface area contributed by atoms with Crippen molar-refractivity contribution in [2.75, 3.05) is 13.1 Å². The summed E-state index contributed by atoms with van der Waals surface area (Å²) in [5.74, 6) is -0.619. The summed E-state index contributed by atoms with van der Waals surface area (Å²) < 4.78 is 37.2. The molecule has 0 radical (unpaired) electrons. The van der Waals surface area contributed by atoms with E-state index in [-0.39, 0.29) is 18.7 Å². The molecule has 1 amide bonds. The molecule has 0 aromatic carbocycles. The van der Waals surface area contributed by atoms with Gasteiger partial charge in [0.05, 0.1) is 6.10 Å². The van der Waals surface area contributed by atoms with Crippen molar-refractivity contribution in [1.82, 2.24) is 9.88 Å². The maximum absolute atomic E-state index is 12.4. The quantitative estimate of drug-likeness (QED) is 0.810. The minimum absolute atomic E-state index is 0.278. The van der Waals surface area contributed by atoms with Crippen LogP contribution in [-0.4, -0.2) is 40.1 Å². The van der Waals surface area contributed by atoms with Crippen molar-refractivity contribution in [3.63, 3.8) is 0 Å². The third-order valence-electron chi connectivity index (χ3n) is 3.20. The fraction of sp³-hybridized carbons (Fsp3) is 0.500. The highest BCUT2D eigenvalue weighted by Crippen LogP contribution is 2.26. The minimum Gasteiger partial charge on any atom is -0.393 e. The molecule has 110 valence electrons. The number of pyridine rings is 1. The molecule has 0 bridgehead atoms. The Morgan fingerprint density at radius 3 is 2.40 bits per heavy atom. The molecule has 0 unspecified atom stereocenters. The Morgan fingerprint density at radius 1 is 1.30 bits per heavy atom. The van der Waals surface area contributed by atoms with E-state index >= 15 is 0 Å². The first-order valence-corrected chi connectivity index (χ1v) is 6.07. The van der Waals surface area contributed by atoms with Gasteiger partial charge in [0.15, 0.2) is 0 Å². The lowest BCUT2D eigenvalue weighted by molar-refractivity contribution is -0.141. The van der Waals surface area contributed by atoms with E-state index in [2.05, 4.69) is 0 Å². The highest BCUT2D eigenvalue weighted by molar-refractivity contribution is 5.93. The van der Waals surface area contributed by atoms with Gasteiger partial charge in [-0.05, 0) is 25.0 Å². The zero-order chi connectivity index (χ0) is 14.9. The number of halogens is 3. The molecular weight excluding hydrogens is 277 g/mol. The zero-order valence-electron chi connectivity index (χ0n) is 10.4. The number of nitrogens with zero attached hydrogens (tertiary/aromatic N) is 1.